The first-order valence-corrected chi connectivity index (χ1v) is 12.9. The van der Waals surface area contributed by atoms with Crippen LogP contribution in [0.5, 0.6) is 0 Å². The van der Waals surface area contributed by atoms with Crippen molar-refractivity contribution in [3.05, 3.63) is 61.6 Å². The predicted molar refractivity (Wildman–Crippen MR) is 131 cm³/mol. The standard InChI is InChI=1S/C25H21N5O2S2/c26-12-16-14-6-1-3-10-20(14)33-24(16)29-22(31)18-8-5-9-19(28-18)23(32)30-25-17(13-27)15-7-2-4-11-21(15)34-25/h5,8-9H,1-4,6-7,10-11H2,(H,29,31)(H,30,32). The maximum absolute atomic E-state index is 12.9. The third-order valence-corrected chi connectivity index (χ3v) is 8.65. The average molecular weight is 488 g/mol. The Morgan fingerprint density at radius 3 is 1.65 bits per heavy atom. The third kappa shape index (κ3) is 4.09. The number of rotatable bonds is 4. The Hall–Kier alpha value is -3.53. The van der Waals surface area contributed by atoms with Gasteiger partial charge in [0.2, 0.25) is 0 Å². The van der Waals surface area contributed by atoms with E-state index in [0.717, 1.165) is 72.2 Å². The second kappa shape index (κ2) is 9.38. The number of nitrogens with zero attached hydrogens (tertiary/aromatic N) is 3. The van der Waals surface area contributed by atoms with Crippen LogP contribution in [-0.2, 0) is 25.7 Å². The molecule has 0 radical (unpaired) electrons. The smallest absolute Gasteiger partial charge is 0.274 e. The number of thiophene rings is 2. The number of nitrogens with one attached hydrogen (secondary N) is 2. The minimum atomic E-state index is -0.464. The number of amides is 2. The summed E-state index contributed by atoms with van der Waals surface area (Å²) in [5.74, 6) is -0.928. The molecule has 0 saturated heterocycles. The van der Waals surface area contributed by atoms with Crippen molar-refractivity contribution in [2.45, 2.75) is 51.4 Å². The molecule has 0 atom stereocenters. The second-order valence-electron chi connectivity index (χ2n) is 8.37. The monoisotopic (exact) mass is 487 g/mol. The lowest BCUT2D eigenvalue weighted by molar-refractivity contribution is 0.101. The van der Waals surface area contributed by atoms with Crippen molar-refractivity contribution in [1.29, 1.82) is 10.5 Å². The van der Waals surface area contributed by atoms with Crippen LogP contribution < -0.4 is 10.6 Å². The van der Waals surface area contributed by atoms with Gasteiger partial charge in [0.1, 0.15) is 33.5 Å². The van der Waals surface area contributed by atoms with Gasteiger partial charge in [0.05, 0.1) is 11.1 Å². The molecule has 5 rings (SSSR count). The number of carbonyl (C=O) groups is 2. The highest BCUT2D eigenvalue weighted by Crippen LogP contribution is 2.39. The van der Waals surface area contributed by atoms with Gasteiger partial charge in [0, 0.05) is 9.75 Å². The molecule has 3 aromatic rings. The molecule has 0 unspecified atom stereocenters. The van der Waals surface area contributed by atoms with E-state index >= 15 is 0 Å². The number of hydrogen-bond acceptors (Lipinski definition) is 7. The van der Waals surface area contributed by atoms with E-state index in [-0.39, 0.29) is 11.4 Å². The van der Waals surface area contributed by atoms with Crippen molar-refractivity contribution in [1.82, 2.24) is 4.98 Å². The van der Waals surface area contributed by atoms with Gasteiger partial charge in [-0.05, 0) is 74.6 Å². The molecular formula is C25H21N5O2S2. The second-order valence-corrected chi connectivity index (χ2v) is 10.6. The molecule has 3 heterocycles. The summed E-state index contributed by atoms with van der Waals surface area (Å²) < 4.78 is 0. The summed E-state index contributed by atoms with van der Waals surface area (Å²) in [5.41, 5.74) is 3.34. The molecule has 0 saturated carbocycles. The van der Waals surface area contributed by atoms with Gasteiger partial charge in [-0.1, -0.05) is 6.07 Å². The van der Waals surface area contributed by atoms with E-state index in [0.29, 0.717) is 21.1 Å². The van der Waals surface area contributed by atoms with Crippen LogP contribution in [0.15, 0.2) is 18.2 Å². The van der Waals surface area contributed by atoms with Gasteiger partial charge in [0.15, 0.2) is 0 Å². The van der Waals surface area contributed by atoms with E-state index in [1.807, 2.05) is 0 Å². The molecule has 0 aromatic carbocycles. The summed E-state index contributed by atoms with van der Waals surface area (Å²) in [6.07, 6.45) is 7.84. The molecule has 2 N–H and O–H groups in total. The third-order valence-electron chi connectivity index (χ3n) is 6.23. The molecule has 9 heteroatoms. The normalized spacial score (nSPS) is 14.3. The lowest BCUT2D eigenvalue weighted by Crippen LogP contribution is -2.18. The lowest BCUT2D eigenvalue weighted by atomic mass is 9.96. The van der Waals surface area contributed by atoms with Gasteiger partial charge in [0.25, 0.3) is 11.8 Å². The Labute approximate surface area is 205 Å². The molecule has 2 aliphatic rings. The quantitative estimate of drug-likeness (QED) is 0.524. The zero-order valence-electron chi connectivity index (χ0n) is 18.4. The van der Waals surface area contributed by atoms with E-state index in [2.05, 4.69) is 27.8 Å². The first kappa shape index (κ1) is 22.3. The number of nitriles is 2. The van der Waals surface area contributed by atoms with E-state index in [1.54, 1.807) is 6.07 Å². The molecule has 2 amide bonds. The summed E-state index contributed by atoms with van der Waals surface area (Å²) in [6, 6.07) is 9.15. The fourth-order valence-electron chi connectivity index (χ4n) is 4.57. The van der Waals surface area contributed by atoms with Crippen molar-refractivity contribution in [3.63, 3.8) is 0 Å². The minimum absolute atomic E-state index is 0.0916. The van der Waals surface area contributed by atoms with Crippen LogP contribution >= 0.6 is 22.7 Å². The van der Waals surface area contributed by atoms with Crippen molar-refractivity contribution < 1.29 is 9.59 Å². The molecule has 170 valence electrons. The predicted octanol–water partition coefficient (Wildman–Crippen LogP) is 5.21. The van der Waals surface area contributed by atoms with Gasteiger partial charge in [-0.25, -0.2) is 4.98 Å². The van der Waals surface area contributed by atoms with E-state index in [1.165, 1.54) is 34.8 Å². The summed E-state index contributed by atoms with van der Waals surface area (Å²) in [4.78, 5) is 32.4. The first-order chi connectivity index (χ1) is 16.6. The number of hydrogen-bond donors (Lipinski definition) is 2. The average Bonchev–Trinajstić information content (AvgIpc) is 3.40. The highest BCUT2D eigenvalue weighted by atomic mass is 32.1. The molecule has 0 spiro atoms. The molecule has 0 fully saturated rings. The lowest BCUT2D eigenvalue weighted by Gasteiger charge is -2.09. The zero-order valence-corrected chi connectivity index (χ0v) is 20.0. The Bertz CT molecular complexity index is 1290. The summed E-state index contributed by atoms with van der Waals surface area (Å²) >= 11 is 2.90. The van der Waals surface area contributed by atoms with Gasteiger partial charge in [-0.3, -0.25) is 9.59 Å². The van der Waals surface area contributed by atoms with Crippen molar-refractivity contribution in [3.8, 4) is 12.1 Å². The number of anilines is 2. The van der Waals surface area contributed by atoms with Crippen LogP contribution in [0, 0.1) is 22.7 Å². The van der Waals surface area contributed by atoms with Gasteiger partial charge in [-0.15, -0.1) is 22.7 Å². The molecule has 0 bridgehead atoms. The zero-order chi connectivity index (χ0) is 23.7. The van der Waals surface area contributed by atoms with Crippen LogP contribution in [0.2, 0.25) is 0 Å². The molecule has 2 aliphatic carbocycles. The fourth-order valence-corrected chi connectivity index (χ4v) is 7.04. The Morgan fingerprint density at radius 2 is 1.21 bits per heavy atom. The summed E-state index contributed by atoms with van der Waals surface area (Å²) in [5, 5.41) is 26.0. The fraction of sp³-hybridized carbons (Fsp3) is 0.320. The largest absolute Gasteiger partial charge is 0.311 e. The first-order valence-electron chi connectivity index (χ1n) is 11.3. The number of carbonyl (C=O) groups excluding carboxylic acids is 2. The van der Waals surface area contributed by atoms with Crippen LogP contribution in [-0.4, -0.2) is 16.8 Å². The van der Waals surface area contributed by atoms with E-state index in [4.69, 9.17) is 0 Å². The minimum Gasteiger partial charge on any atom is -0.311 e. The Morgan fingerprint density at radius 1 is 0.765 bits per heavy atom. The summed E-state index contributed by atoms with van der Waals surface area (Å²) in [7, 11) is 0. The van der Waals surface area contributed by atoms with Gasteiger partial charge < -0.3 is 10.6 Å². The van der Waals surface area contributed by atoms with Crippen molar-refractivity contribution in [2.24, 2.45) is 0 Å². The molecule has 0 aliphatic heterocycles. The Kier molecular flexibility index (Phi) is 6.14. The highest BCUT2D eigenvalue weighted by Gasteiger charge is 2.24. The molecule has 7 nitrogen and oxygen atoms in total. The van der Waals surface area contributed by atoms with Crippen LogP contribution in [0.3, 0.4) is 0 Å². The number of aryl methyl sites for hydroxylation is 2. The molecule has 3 aromatic heterocycles. The van der Waals surface area contributed by atoms with Gasteiger partial charge in [-0.2, -0.15) is 10.5 Å². The van der Waals surface area contributed by atoms with Crippen LogP contribution in [0.1, 0.15) is 78.7 Å². The maximum Gasteiger partial charge on any atom is 0.274 e. The van der Waals surface area contributed by atoms with Crippen LogP contribution in [0.4, 0.5) is 10.0 Å². The van der Waals surface area contributed by atoms with Crippen LogP contribution in [0.25, 0.3) is 0 Å². The van der Waals surface area contributed by atoms with E-state index < -0.39 is 11.8 Å². The van der Waals surface area contributed by atoms with Crippen molar-refractivity contribution in [2.75, 3.05) is 10.6 Å². The Balaban J connectivity index is 1.35. The maximum atomic E-state index is 12.9. The van der Waals surface area contributed by atoms with Gasteiger partial charge >= 0.3 is 0 Å². The number of pyridine rings is 1. The van der Waals surface area contributed by atoms with Crippen molar-refractivity contribution >= 4 is 44.5 Å². The molecular weight excluding hydrogens is 466 g/mol. The SMILES string of the molecule is N#Cc1c(NC(=O)c2cccc(C(=O)Nc3sc4c(c3C#N)CCCC4)n2)sc2c1CCCC2. The molecule has 34 heavy (non-hydrogen) atoms. The highest BCUT2D eigenvalue weighted by molar-refractivity contribution is 7.17. The summed E-state index contributed by atoms with van der Waals surface area (Å²) in [6.45, 7) is 0. The van der Waals surface area contributed by atoms with E-state index in [9.17, 15) is 20.1 Å². The number of fused-ring (bicyclic) bond motifs is 2. The number of aromatic nitrogens is 1. The topological polar surface area (TPSA) is 119 Å².